The number of benzene rings is 1. The Kier molecular flexibility index (Phi) is 4.42. The Morgan fingerprint density at radius 1 is 1.30 bits per heavy atom. The summed E-state index contributed by atoms with van der Waals surface area (Å²) in [7, 11) is -2.32. The molecule has 108 valence electrons. The van der Waals surface area contributed by atoms with Crippen molar-refractivity contribution in [1.29, 1.82) is 0 Å². The van der Waals surface area contributed by atoms with Gasteiger partial charge in [-0.25, -0.2) is 12.8 Å². The fourth-order valence-electron chi connectivity index (χ4n) is 1.69. The van der Waals surface area contributed by atoms with Crippen LogP contribution in [0.25, 0.3) is 0 Å². The summed E-state index contributed by atoms with van der Waals surface area (Å²) in [5, 5.41) is 8.85. The number of thiophene rings is 1. The molecule has 0 bridgehead atoms. The van der Waals surface area contributed by atoms with Crippen molar-refractivity contribution in [2.75, 3.05) is 18.0 Å². The zero-order valence-electron chi connectivity index (χ0n) is 10.8. The number of aliphatic hydroxyl groups is 1. The maximum absolute atomic E-state index is 13.2. The first-order valence-electron chi connectivity index (χ1n) is 5.89. The molecule has 20 heavy (non-hydrogen) atoms. The van der Waals surface area contributed by atoms with Gasteiger partial charge in [-0.3, -0.25) is 4.31 Å². The number of hydrogen-bond donors (Lipinski definition) is 1. The Balaban J connectivity index is 2.33. The largest absolute Gasteiger partial charge is 0.396 e. The molecule has 0 amide bonds. The highest BCUT2D eigenvalue weighted by molar-refractivity contribution is 7.94. The summed E-state index contributed by atoms with van der Waals surface area (Å²) in [5.41, 5.74) is 0.266. The molecular weight excluding hydrogens is 301 g/mol. The lowest BCUT2D eigenvalue weighted by molar-refractivity contribution is 0.300. The molecule has 0 aliphatic heterocycles. The van der Waals surface area contributed by atoms with E-state index in [0.717, 1.165) is 20.5 Å². The van der Waals surface area contributed by atoms with E-state index in [9.17, 15) is 12.8 Å². The molecule has 0 saturated carbocycles. The predicted octanol–water partition coefficient (Wildman–Crippen LogP) is 2.25. The molecule has 0 spiro atoms. The number of hydrogen-bond acceptors (Lipinski definition) is 4. The summed E-state index contributed by atoms with van der Waals surface area (Å²) in [6.45, 7) is -0.0280. The SMILES string of the molecule is CN(c1cccc(F)c1)S(=O)(=O)c1ccc(CCO)s1. The Labute approximate surface area is 121 Å². The van der Waals surface area contributed by atoms with Crippen molar-refractivity contribution in [3.63, 3.8) is 0 Å². The monoisotopic (exact) mass is 315 g/mol. The quantitative estimate of drug-likeness (QED) is 0.920. The molecule has 0 fully saturated rings. The predicted molar refractivity (Wildman–Crippen MR) is 77.1 cm³/mol. The van der Waals surface area contributed by atoms with Crippen molar-refractivity contribution < 1.29 is 17.9 Å². The van der Waals surface area contributed by atoms with E-state index in [1.807, 2.05) is 0 Å². The van der Waals surface area contributed by atoms with Crippen molar-refractivity contribution in [3.8, 4) is 0 Å². The first-order chi connectivity index (χ1) is 9.45. The van der Waals surface area contributed by atoms with Gasteiger partial charge in [0.15, 0.2) is 0 Å². The van der Waals surface area contributed by atoms with Gasteiger partial charge in [-0.2, -0.15) is 0 Å². The van der Waals surface area contributed by atoms with Crippen LogP contribution in [-0.2, 0) is 16.4 Å². The summed E-state index contributed by atoms with van der Waals surface area (Å²) in [5.74, 6) is -0.489. The van der Waals surface area contributed by atoms with Gasteiger partial charge in [0.2, 0.25) is 0 Å². The third-order valence-corrected chi connectivity index (χ3v) is 6.18. The zero-order chi connectivity index (χ0) is 14.8. The minimum Gasteiger partial charge on any atom is -0.396 e. The Bertz CT molecular complexity index is 697. The van der Waals surface area contributed by atoms with E-state index in [1.54, 1.807) is 6.07 Å². The van der Waals surface area contributed by atoms with Gasteiger partial charge in [0.05, 0.1) is 5.69 Å². The molecule has 1 heterocycles. The van der Waals surface area contributed by atoms with E-state index in [0.29, 0.717) is 6.42 Å². The second-order valence-electron chi connectivity index (χ2n) is 4.15. The number of halogens is 1. The van der Waals surface area contributed by atoms with Crippen molar-refractivity contribution in [2.45, 2.75) is 10.6 Å². The smallest absolute Gasteiger partial charge is 0.273 e. The second kappa shape index (κ2) is 5.90. The van der Waals surface area contributed by atoms with E-state index < -0.39 is 15.8 Å². The van der Waals surface area contributed by atoms with Gasteiger partial charge in [0.1, 0.15) is 10.0 Å². The molecular formula is C13H14FNO3S2. The summed E-state index contributed by atoms with van der Waals surface area (Å²) < 4.78 is 39.2. The summed E-state index contributed by atoms with van der Waals surface area (Å²) >= 11 is 1.11. The summed E-state index contributed by atoms with van der Waals surface area (Å²) in [6, 6.07) is 8.59. The molecule has 0 saturated heterocycles. The topological polar surface area (TPSA) is 57.6 Å². The van der Waals surface area contributed by atoms with Gasteiger partial charge in [-0.15, -0.1) is 11.3 Å². The first-order valence-corrected chi connectivity index (χ1v) is 8.15. The Morgan fingerprint density at radius 3 is 2.70 bits per heavy atom. The lowest BCUT2D eigenvalue weighted by atomic mass is 10.3. The van der Waals surface area contributed by atoms with Crippen molar-refractivity contribution >= 4 is 27.0 Å². The van der Waals surface area contributed by atoms with Crippen LogP contribution in [0.4, 0.5) is 10.1 Å². The molecule has 1 aromatic heterocycles. The van der Waals surface area contributed by atoms with E-state index in [4.69, 9.17) is 5.11 Å². The average molecular weight is 315 g/mol. The maximum Gasteiger partial charge on any atom is 0.273 e. The van der Waals surface area contributed by atoms with Crippen LogP contribution in [0.5, 0.6) is 0 Å². The number of sulfonamides is 1. The molecule has 0 aliphatic rings. The molecule has 0 atom stereocenters. The highest BCUT2D eigenvalue weighted by Crippen LogP contribution is 2.28. The fourth-order valence-corrected chi connectivity index (χ4v) is 4.39. The number of rotatable bonds is 5. The van der Waals surface area contributed by atoms with Crippen LogP contribution >= 0.6 is 11.3 Å². The molecule has 0 aliphatic carbocycles. The van der Waals surface area contributed by atoms with E-state index in [2.05, 4.69) is 0 Å². The van der Waals surface area contributed by atoms with Gasteiger partial charge in [0, 0.05) is 25.0 Å². The van der Waals surface area contributed by atoms with Gasteiger partial charge < -0.3 is 5.11 Å². The normalized spacial score (nSPS) is 11.6. The van der Waals surface area contributed by atoms with Gasteiger partial charge in [-0.1, -0.05) is 6.07 Å². The minimum atomic E-state index is -3.70. The molecule has 1 aromatic carbocycles. The highest BCUT2D eigenvalue weighted by atomic mass is 32.2. The van der Waals surface area contributed by atoms with Crippen molar-refractivity contribution in [3.05, 3.63) is 47.1 Å². The second-order valence-corrected chi connectivity index (χ2v) is 7.51. The van der Waals surface area contributed by atoms with Crippen LogP contribution in [0.3, 0.4) is 0 Å². The zero-order valence-corrected chi connectivity index (χ0v) is 12.4. The van der Waals surface area contributed by atoms with Crippen LogP contribution in [0, 0.1) is 5.82 Å². The molecule has 0 unspecified atom stereocenters. The van der Waals surface area contributed by atoms with Crippen molar-refractivity contribution in [2.24, 2.45) is 0 Å². The van der Waals surface area contributed by atoms with Gasteiger partial charge in [-0.05, 0) is 30.3 Å². The van der Waals surface area contributed by atoms with Crippen LogP contribution < -0.4 is 4.31 Å². The van der Waals surface area contributed by atoms with Gasteiger partial charge in [0.25, 0.3) is 10.0 Å². The molecule has 1 N–H and O–H groups in total. The molecule has 2 rings (SSSR count). The lowest BCUT2D eigenvalue weighted by Crippen LogP contribution is -2.25. The van der Waals surface area contributed by atoms with Gasteiger partial charge >= 0.3 is 0 Å². The molecule has 7 heteroatoms. The Morgan fingerprint density at radius 2 is 2.05 bits per heavy atom. The van der Waals surface area contributed by atoms with Crippen LogP contribution in [-0.4, -0.2) is 27.2 Å². The van der Waals surface area contributed by atoms with Crippen LogP contribution in [0.15, 0.2) is 40.6 Å². The third kappa shape index (κ3) is 3.00. The van der Waals surface area contributed by atoms with E-state index in [1.165, 1.54) is 37.4 Å². The number of nitrogens with zero attached hydrogens (tertiary/aromatic N) is 1. The van der Waals surface area contributed by atoms with Crippen LogP contribution in [0.2, 0.25) is 0 Å². The minimum absolute atomic E-state index is 0.0280. The fraction of sp³-hybridized carbons (Fsp3) is 0.231. The standard InChI is InChI=1S/C13H14FNO3S2/c1-15(11-4-2-3-10(14)9-11)20(17,18)13-6-5-12(19-13)7-8-16/h2-6,9,16H,7-8H2,1H3. The number of anilines is 1. The summed E-state index contributed by atoms with van der Waals surface area (Å²) in [4.78, 5) is 0.790. The third-order valence-electron chi connectivity index (χ3n) is 2.78. The highest BCUT2D eigenvalue weighted by Gasteiger charge is 2.23. The Hall–Kier alpha value is -1.44. The molecule has 4 nitrogen and oxygen atoms in total. The number of aliphatic hydroxyl groups excluding tert-OH is 1. The lowest BCUT2D eigenvalue weighted by Gasteiger charge is -2.18. The first kappa shape index (κ1) is 15.0. The molecule has 2 aromatic rings. The van der Waals surface area contributed by atoms with E-state index >= 15 is 0 Å². The van der Waals surface area contributed by atoms with E-state index in [-0.39, 0.29) is 16.5 Å². The molecule has 0 radical (unpaired) electrons. The maximum atomic E-state index is 13.2. The van der Waals surface area contributed by atoms with Crippen molar-refractivity contribution in [1.82, 2.24) is 0 Å². The summed E-state index contributed by atoms with van der Waals surface area (Å²) in [6.07, 6.45) is 0.421. The average Bonchev–Trinajstić information content (AvgIpc) is 2.87. The van der Waals surface area contributed by atoms with Crippen LogP contribution in [0.1, 0.15) is 4.88 Å².